The summed E-state index contributed by atoms with van der Waals surface area (Å²) in [6, 6.07) is 9.00. The van der Waals surface area contributed by atoms with E-state index in [2.05, 4.69) is 0 Å². The number of aryl methyl sites for hydroxylation is 1. The number of anilines is 1. The third-order valence-electron chi connectivity index (χ3n) is 3.31. The molecule has 8 heteroatoms. The molecule has 0 saturated carbocycles. The Kier molecular flexibility index (Phi) is 5.15. The number of phenolic OH excluding ortho intramolecular Hbond substituents is 3. The molecular formula is C15H18NO6P. The highest BCUT2D eigenvalue weighted by molar-refractivity contribution is 7.53. The highest BCUT2D eigenvalue weighted by Gasteiger charge is 2.18. The van der Waals surface area contributed by atoms with Crippen LogP contribution in [0.2, 0.25) is 0 Å². The molecule has 0 amide bonds. The van der Waals surface area contributed by atoms with Gasteiger partial charge in [0.15, 0.2) is 0 Å². The van der Waals surface area contributed by atoms with Crippen LogP contribution in [0.25, 0.3) is 0 Å². The largest absolute Gasteiger partial charge is 0.508 e. The number of aromatic hydroxyl groups is 3. The molecule has 0 aliphatic rings. The molecule has 0 aliphatic heterocycles. The van der Waals surface area contributed by atoms with Crippen molar-refractivity contribution in [1.82, 2.24) is 0 Å². The Bertz CT molecular complexity index is 725. The number of hydrogen-bond donors (Lipinski definition) is 6. The minimum atomic E-state index is -4.55. The summed E-state index contributed by atoms with van der Waals surface area (Å²) in [5.74, 6) is -0.342. The second kappa shape index (κ2) is 6.91. The molecule has 0 radical (unpaired) electrons. The predicted octanol–water partition coefficient (Wildman–Crippen LogP) is 2.48. The topological polar surface area (TPSA) is 130 Å². The number of rotatable bonds is 6. The van der Waals surface area contributed by atoms with Crippen LogP contribution in [-0.2, 0) is 17.4 Å². The molecule has 2 aromatic carbocycles. The summed E-state index contributed by atoms with van der Waals surface area (Å²) in [5.41, 5.74) is 1.32. The van der Waals surface area contributed by atoms with Gasteiger partial charge in [0, 0.05) is 17.7 Å². The molecule has 124 valence electrons. The second-order valence-corrected chi connectivity index (χ2v) is 6.48. The second-order valence-electron chi connectivity index (χ2n) is 5.17. The van der Waals surface area contributed by atoms with Gasteiger partial charge in [-0.15, -0.1) is 0 Å². The fraction of sp³-hybridized carbons (Fsp3) is 0.200. The number of benzene rings is 2. The van der Waals surface area contributed by atoms with Gasteiger partial charge in [0.25, 0.3) is 0 Å². The van der Waals surface area contributed by atoms with Gasteiger partial charge < -0.3 is 25.1 Å². The van der Waals surface area contributed by atoms with Crippen molar-refractivity contribution in [2.24, 2.45) is 0 Å². The molecule has 0 bridgehead atoms. The molecule has 0 unspecified atom stereocenters. The first-order valence-electron chi connectivity index (χ1n) is 6.91. The molecule has 6 N–H and O–H groups in total. The van der Waals surface area contributed by atoms with Crippen molar-refractivity contribution < 1.29 is 29.7 Å². The lowest BCUT2D eigenvalue weighted by Crippen LogP contribution is -2.00. The lowest BCUT2D eigenvalue weighted by Gasteiger charge is -2.15. The third-order valence-corrected chi connectivity index (χ3v) is 3.84. The molecule has 0 spiro atoms. The first kappa shape index (κ1) is 17.1. The Hall–Kier alpha value is -2.21. The van der Waals surface area contributed by atoms with Crippen molar-refractivity contribution in [2.75, 3.05) is 5.09 Å². The molecule has 7 nitrogen and oxygen atoms in total. The first-order valence-corrected chi connectivity index (χ1v) is 8.52. The molecule has 0 heterocycles. The van der Waals surface area contributed by atoms with E-state index in [1.165, 1.54) is 0 Å². The van der Waals surface area contributed by atoms with Gasteiger partial charge in [0.2, 0.25) is 0 Å². The summed E-state index contributed by atoms with van der Waals surface area (Å²) in [4.78, 5) is 18.0. The van der Waals surface area contributed by atoms with E-state index in [1.54, 1.807) is 24.3 Å². The predicted molar refractivity (Wildman–Crippen MR) is 85.6 cm³/mol. The summed E-state index contributed by atoms with van der Waals surface area (Å²) >= 11 is 0. The van der Waals surface area contributed by atoms with Crippen LogP contribution < -0.4 is 5.09 Å². The van der Waals surface area contributed by atoms with Crippen molar-refractivity contribution in [3.05, 3.63) is 47.5 Å². The minimum Gasteiger partial charge on any atom is -0.508 e. The average molecular weight is 339 g/mol. The van der Waals surface area contributed by atoms with Gasteiger partial charge in [-0.25, -0.2) is 4.57 Å². The lowest BCUT2D eigenvalue weighted by atomic mass is 10.0. The fourth-order valence-corrected chi connectivity index (χ4v) is 2.81. The Labute approximate surface area is 133 Å². The van der Waals surface area contributed by atoms with Crippen molar-refractivity contribution >= 4 is 13.4 Å². The van der Waals surface area contributed by atoms with Crippen LogP contribution in [-0.4, -0.2) is 25.1 Å². The Morgan fingerprint density at radius 1 is 0.913 bits per heavy atom. The van der Waals surface area contributed by atoms with Crippen molar-refractivity contribution in [1.29, 1.82) is 0 Å². The number of hydrogen-bond acceptors (Lipinski definition) is 4. The Morgan fingerprint density at radius 3 is 2.17 bits per heavy atom. The fourth-order valence-electron chi connectivity index (χ4n) is 2.29. The zero-order chi connectivity index (χ0) is 17.0. The Morgan fingerprint density at radius 2 is 1.57 bits per heavy atom. The van der Waals surface area contributed by atoms with Crippen LogP contribution in [0, 0.1) is 0 Å². The standard InChI is InChI=1S/C15H18NO6P/c17-11-6-4-10(5-7-11)2-1-3-13-14(16-23(20,21)22)8-12(18)9-15(13)19/h4-9,17-19H,1-3H2,(H3,16,20,21,22). The molecule has 0 aliphatic carbocycles. The molecule has 23 heavy (non-hydrogen) atoms. The normalized spacial score (nSPS) is 11.4. The molecular weight excluding hydrogens is 321 g/mol. The summed E-state index contributed by atoms with van der Waals surface area (Å²) in [7, 11) is -4.55. The lowest BCUT2D eigenvalue weighted by molar-refractivity contribution is 0.380. The SMILES string of the molecule is O=P(O)(O)Nc1cc(O)cc(O)c1CCCc1ccc(O)cc1. The minimum absolute atomic E-state index is 0.00143. The van der Waals surface area contributed by atoms with Crippen molar-refractivity contribution in [3.8, 4) is 17.2 Å². The van der Waals surface area contributed by atoms with Crippen LogP contribution in [0.4, 0.5) is 5.69 Å². The van der Waals surface area contributed by atoms with E-state index in [4.69, 9.17) is 9.79 Å². The molecule has 0 aromatic heterocycles. The van der Waals surface area contributed by atoms with Gasteiger partial charge in [-0.3, -0.25) is 5.09 Å². The molecule has 0 fully saturated rings. The van der Waals surface area contributed by atoms with Gasteiger partial charge >= 0.3 is 7.75 Å². The van der Waals surface area contributed by atoms with E-state index in [0.29, 0.717) is 24.8 Å². The molecule has 0 saturated heterocycles. The number of phenols is 3. The third kappa shape index (κ3) is 5.17. The summed E-state index contributed by atoms with van der Waals surface area (Å²) < 4.78 is 11.1. The van der Waals surface area contributed by atoms with E-state index in [0.717, 1.165) is 17.7 Å². The van der Waals surface area contributed by atoms with Crippen molar-refractivity contribution in [3.63, 3.8) is 0 Å². The van der Waals surface area contributed by atoms with Crippen LogP contribution in [0.3, 0.4) is 0 Å². The van der Waals surface area contributed by atoms with E-state index >= 15 is 0 Å². The Balaban J connectivity index is 2.12. The highest BCUT2D eigenvalue weighted by atomic mass is 31.2. The maximum Gasteiger partial charge on any atom is 0.427 e. The highest BCUT2D eigenvalue weighted by Crippen LogP contribution is 2.41. The van der Waals surface area contributed by atoms with E-state index in [9.17, 15) is 19.9 Å². The molecule has 2 aromatic rings. The zero-order valence-electron chi connectivity index (χ0n) is 12.2. The molecule has 0 atom stereocenters. The van der Waals surface area contributed by atoms with Gasteiger partial charge in [0.1, 0.15) is 17.2 Å². The van der Waals surface area contributed by atoms with Gasteiger partial charge in [-0.2, -0.15) is 0 Å². The zero-order valence-corrected chi connectivity index (χ0v) is 13.1. The van der Waals surface area contributed by atoms with E-state index in [1.807, 2.05) is 5.09 Å². The van der Waals surface area contributed by atoms with Gasteiger partial charge in [0.05, 0.1) is 5.69 Å². The van der Waals surface area contributed by atoms with Crippen LogP contribution in [0.5, 0.6) is 17.2 Å². The van der Waals surface area contributed by atoms with E-state index < -0.39 is 7.75 Å². The smallest absolute Gasteiger partial charge is 0.427 e. The van der Waals surface area contributed by atoms with Crippen LogP contribution in [0.15, 0.2) is 36.4 Å². The summed E-state index contributed by atoms with van der Waals surface area (Å²) in [5, 5.41) is 30.6. The summed E-state index contributed by atoms with van der Waals surface area (Å²) in [6.45, 7) is 0. The van der Waals surface area contributed by atoms with E-state index in [-0.39, 0.29) is 22.9 Å². The summed E-state index contributed by atoms with van der Waals surface area (Å²) in [6.07, 6.45) is 1.63. The average Bonchev–Trinajstić information content (AvgIpc) is 2.42. The molecule has 2 rings (SSSR count). The van der Waals surface area contributed by atoms with Gasteiger partial charge in [-0.05, 0) is 37.0 Å². The van der Waals surface area contributed by atoms with Gasteiger partial charge in [-0.1, -0.05) is 12.1 Å². The quantitative estimate of drug-likeness (QED) is 0.446. The van der Waals surface area contributed by atoms with Crippen LogP contribution >= 0.6 is 7.75 Å². The monoisotopic (exact) mass is 339 g/mol. The van der Waals surface area contributed by atoms with Crippen molar-refractivity contribution in [2.45, 2.75) is 19.3 Å². The van der Waals surface area contributed by atoms with Crippen LogP contribution in [0.1, 0.15) is 17.5 Å². The first-order chi connectivity index (χ1) is 10.7. The maximum atomic E-state index is 11.1. The maximum absolute atomic E-state index is 11.1. The number of nitrogens with one attached hydrogen (secondary N) is 1.